The zero-order valence-electron chi connectivity index (χ0n) is 36.4. The summed E-state index contributed by atoms with van der Waals surface area (Å²) in [5.41, 5.74) is -7.64. The van der Waals surface area contributed by atoms with Gasteiger partial charge in [0.15, 0.2) is 0 Å². The van der Waals surface area contributed by atoms with Gasteiger partial charge in [-0.2, -0.15) is 64.8 Å². The number of aryl methyl sites for hydroxylation is 7. The summed E-state index contributed by atoms with van der Waals surface area (Å²) in [6.45, 7) is 20.6. The monoisotopic (exact) mass is 1240 g/mol. The minimum atomic E-state index is -6.85. The Labute approximate surface area is 413 Å². The highest BCUT2D eigenvalue weighted by molar-refractivity contribution is 9.69. The molecule has 0 unspecified atom stereocenters. The number of alkyl halides is 9. The van der Waals surface area contributed by atoms with Crippen molar-refractivity contribution in [3.63, 3.8) is 0 Å². The average Bonchev–Trinajstić information content (AvgIpc) is 3.09. The lowest BCUT2D eigenvalue weighted by Gasteiger charge is -2.13. The summed E-state index contributed by atoms with van der Waals surface area (Å²) < 4.78 is 173. The van der Waals surface area contributed by atoms with Gasteiger partial charge >= 0.3 is 50.1 Å². The van der Waals surface area contributed by atoms with E-state index in [-0.39, 0.29) is 14.7 Å². The van der Waals surface area contributed by atoms with Crippen LogP contribution in [0.1, 0.15) is 61.2 Å². The fourth-order valence-corrected chi connectivity index (χ4v) is 6.90. The minimum Gasteiger partial charge on any atom is -0.508 e. The van der Waals surface area contributed by atoms with Crippen molar-refractivity contribution in [2.75, 3.05) is 0 Å². The summed E-state index contributed by atoms with van der Waals surface area (Å²) in [5, 5.41) is 20.0. The van der Waals surface area contributed by atoms with Crippen LogP contribution in [0, 0.1) is 76.2 Å². The van der Waals surface area contributed by atoms with Gasteiger partial charge in [0.05, 0.1) is 0 Å². The molecule has 66 heavy (non-hydrogen) atoms. The van der Waals surface area contributed by atoms with Crippen molar-refractivity contribution < 1.29 is 82.8 Å². The average molecular weight is 1250 g/mol. The Kier molecular flexibility index (Phi) is 26.4. The maximum atomic E-state index is 12.1. The number of hydrogen-bond acceptors (Lipinski definition) is 10. The van der Waals surface area contributed by atoms with Gasteiger partial charge in [0.1, 0.15) is 17.2 Å². The smallest absolute Gasteiger partial charge is 0.508 e. The number of phenols is 2. The van der Waals surface area contributed by atoms with E-state index in [0.29, 0.717) is 27.5 Å². The third-order valence-electron chi connectivity index (χ3n) is 7.99. The maximum absolute atomic E-state index is 12.1. The summed E-state index contributed by atoms with van der Waals surface area (Å²) >= 11 is 21.0. The molecule has 0 aromatic heterocycles. The van der Waals surface area contributed by atoms with E-state index < -0.39 is 46.9 Å². The number of hydrogen-bond donors (Lipinski definition) is 2. The Bertz CT molecular complexity index is 2370. The van der Waals surface area contributed by atoms with Crippen molar-refractivity contribution >= 4 is 104 Å². The number of aromatic hydroxyl groups is 2. The van der Waals surface area contributed by atoms with E-state index in [1.807, 2.05) is 50.4 Å². The fourth-order valence-electron chi connectivity index (χ4n) is 4.25. The van der Waals surface area contributed by atoms with Crippen LogP contribution in [0.3, 0.4) is 0 Å². The molecule has 4 rings (SSSR count). The first-order valence-electron chi connectivity index (χ1n) is 17.6. The lowest BCUT2D eigenvalue weighted by molar-refractivity contribution is -0.0586. The summed E-state index contributed by atoms with van der Waals surface area (Å²) in [6, 6.07) is 14.5. The summed E-state index contributed by atoms with van der Waals surface area (Å²) in [6.07, 6.45) is 0. The van der Waals surface area contributed by atoms with Gasteiger partial charge in [0.2, 0.25) is 0 Å². The first-order chi connectivity index (χ1) is 29.3. The van der Waals surface area contributed by atoms with Crippen molar-refractivity contribution in [2.24, 2.45) is 0 Å². The topological polar surface area (TPSA) is 161 Å². The second kappa shape index (κ2) is 26.5. The van der Waals surface area contributed by atoms with Crippen molar-refractivity contribution in [1.82, 2.24) is 0 Å². The lowest BCUT2D eigenvalue weighted by atomic mass is 10.1. The van der Waals surface area contributed by atoms with Crippen LogP contribution in [0.2, 0.25) is 10.0 Å². The molecule has 374 valence electrons. The Balaban J connectivity index is 0. The first-order valence-corrected chi connectivity index (χ1v) is 25.3. The van der Waals surface area contributed by atoms with E-state index in [0.717, 1.165) is 32.8 Å². The molecule has 0 bridgehead atoms. The molecule has 0 aliphatic carbocycles. The van der Waals surface area contributed by atoms with Crippen LogP contribution in [-0.4, -0.2) is 55.2 Å². The Morgan fingerprint density at radius 1 is 0.455 bits per heavy atom. The van der Waals surface area contributed by atoms with Gasteiger partial charge in [-0.15, -0.1) is 50.9 Å². The van der Waals surface area contributed by atoms with Crippen molar-refractivity contribution in [3.8, 4) is 17.2 Å². The molecule has 10 nitrogen and oxygen atoms in total. The van der Waals surface area contributed by atoms with E-state index in [1.165, 1.54) is 29.7 Å². The van der Waals surface area contributed by atoms with Crippen LogP contribution in [-0.2, 0) is 34.0 Å². The van der Waals surface area contributed by atoms with E-state index in [9.17, 15) is 75.0 Å². The molecule has 0 radical (unpaired) electrons. The molecule has 0 aliphatic heterocycles. The molecule has 0 aliphatic rings. The normalized spacial score (nSPS) is 11.7. The van der Waals surface area contributed by atoms with Gasteiger partial charge in [-0.1, -0.05) is 41.4 Å². The highest BCUT2D eigenvalue weighted by Gasteiger charge is 2.57. The molecular weight excluding hydrogens is 1210 g/mol. The van der Waals surface area contributed by atoms with Crippen LogP contribution >= 0.6 is 70.5 Å². The number of halogens is 14. The molecule has 0 saturated heterocycles. The van der Waals surface area contributed by atoms with Crippen LogP contribution in [0.4, 0.5) is 39.5 Å². The van der Waals surface area contributed by atoms with Crippen LogP contribution in [0.15, 0.2) is 48.5 Å². The van der Waals surface area contributed by atoms with Gasteiger partial charge in [-0.25, -0.2) is 0 Å². The summed E-state index contributed by atoms with van der Waals surface area (Å²) in [7, 11) is -19.3. The van der Waals surface area contributed by atoms with Crippen LogP contribution in [0.25, 0.3) is 0 Å². The number of benzene rings is 4. The number of phenolic OH excluding ortho intramolecular Hbond substituents is 2. The maximum Gasteiger partial charge on any atom is 0.534 e. The molecule has 0 spiro atoms. The molecule has 4 aromatic carbocycles. The van der Waals surface area contributed by atoms with E-state index in [4.69, 9.17) is 23.2 Å². The molecule has 0 amide bonds. The SMILES string of the molecule is BrB(Br)Br.Cc1cc(C)c(C)c(Cl)c1.Cc1cc(C)c(C)c(O)c1.Cc1cc(C)c(C)c(OS(=O)(=O)C(F)(F)F)c1.Cc1cc(O)c(C)c(Cl)c1.O=S(=O)(OS(=O)(=O)C(F)(F)F)C(F)(F)F. The summed E-state index contributed by atoms with van der Waals surface area (Å²) in [4.78, 5) is 0. The standard InChI is InChI=1S/C10H11F3O3S.C9H11Cl.C9H12O.C8H9ClO.C2F6O5S2.BBr3/c1-6-4-7(2)8(3)9(5-6)16-17(14,15)10(11,12)13;2*1-6-4-7(2)8(3)9(10)5-6;1-5-3-7(9)6(2)8(10)4-5;3-1(4,5)14(9,10)13-15(11,12)2(6,7)8;2-1(3)4/h4-5H,1-3H3;4-5H,1-3H3;4-5,10H,1-3H3;3-4,10H,1-2H3;;. The third kappa shape index (κ3) is 22.8. The highest BCUT2D eigenvalue weighted by atomic mass is 79.9. The third-order valence-corrected chi connectivity index (χ3v) is 12.3. The fraction of sp³-hybridized carbons (Fsp3) is 0.368. The van der Waals surface area contributed by atoms with Crippen molar-refractivity contribution in [2.45, 2.75) is 92.7 Å². The van der Waals surface area contributed by atoms with E-state index in [2.05, 4.69) is 77.4 Å². The summed E-state index contributed by atoms with van der Waals surface area (Å²) in [5.74, 6) is 0.377. The van der Waals surface area contributed by atoms with Gasteiger partial charge in [-0.05, 0) is 162 Å². The Morgan fingerprint density at radius 3 is 1.05 bits per heavy atom. The van der Waals surface area contributed by atoms with Gasteiger partial charge in [0.25, 0.3) is 0 Å². The molecule has 0 heterocycles. The van der Waals surface area contributed by atoms with Crippen LogP contribution < -0.4 is 4.18 Å². The van der Waals surface area contributed by atoms with Crippen LogP contribution in [0.5, 0.6) is 17.2 Å². The molecule has 2 N–H and O–H groups in total. The molecule has 4 aromatic rings. The van der Waals surface area contributed by atoms with E-state index >= 15 is 0 Å². The largest absolute Gasteiger partial charge is 0.534 e. The lowest BCUT2D eigenvalue weighted by Crippen LogP contribution is -2.34. The Morgan fingerprint density at radius 2 is 0.727 bits per heavy atom. The van der Waals surface area contributed by atoms with Crippen molar-refractivity contribution in [1.29, 1.82) is 0 Å². The van der Waals surface area contributed by atoms with Gasteiger partial charge < -0.3 is 14.4 Å². The molecule has 0 fully saturated rings. The predicted octanol–water partition coefficient (Wildman–Crippen LogP) is 13.9. The molecule has 0 saturated carbocycles. The van der Waals surface area contributed by atoms with Crippen molar-refractivity contribution in [3.05, 3.63) is 120 Å². The van der Waals surface area contributed by atoms with Gasteiger partial charge in [0, 0.05) is 15.6 Å². The molecule has 0 atom stereocenters. The quantitative estimate of drug-likeness (QED) is 0.0871. The highest BCUT2D eigenvalue weighted by Crippen LogP contribution is 2.33. The second-order valence-corrected chi connectivity index (χ2v) is 25.7. The van der Waals surface area contributed by atoms with E-state index in [1.54, 1.807) is 39.0 Å². The number of rotatable bonds is 4. The molecule has 28 heteroatoms. The minimum absolute atomic E-state index is 0.269. The van der Waals surface area contributed by atoms with Gasteiger partial charge in [-0.3, -0.25) is 0 Å². The Hall–Kier alpha value is -2.46. The molecular formula is C38H43BBr3Cl2F9O10S3. The predicted molar refractivity (Wildman–Crippen MR) is 250 cm³/mol. The zero-order chi connectivity index (χ0) is 52.9. The second-order valence-electron chi connectivity index (χ2n) is 13.6. The first kappa shape index (κ1) is 65.6. The zero-order valence-corrected chi connectivity index (χ0v) is 45.1.